The van der Waals surface area contributed by atoms with E-state index in [0.717, 1.165) is 72.4 Å². The highest BCUT2D eigenvalue weighted by Gasteiger charge is 2.27. The van der Waals surface area contributed by atoms with Crippen molar-refractivity contribution in [3.8, 4) is 33.4 Å². The number of benzene rings is 9. The third-order valence-corrected chi connectivity index (χ3v) is 10.3. The molecule has 0 aliphatic rings. The summed E-state index contributed by atoms with van der Waals surface area (Å²) in [7, 11) is 0. The van der Waals surface area contributed by atoms with E-state index in [4.69, 9.17) is 4.42 Å². The third-order valence-electron chi connectivity index (χ3n) is 10.3. The fraction of sp³-hybridized carbons (Fsp3) is 0. The summed E-state index contributed by atoms with van der Waals surface area (Å²) in [5.41, 5.74) is 11.8. The summed E-state index contributed by atoms with van der Waals surface area (Å²) in [6, 6.07) is 71.7. The number of para-hydroxylation sites is 2. The van der Waals surface area contributed by atoms with Crippen LogP contribution >= 0.6 is 0 Å². The molecule has 2 nitrogen and oxygen atoms in total. The summed E-state index contributed by atoms with van der Waals surface area (Å²) in [6.45, 7) is 0. The molecule has 244 valence electrons. The lowest BCUT2D eigenvalue weighted by molar-refractivity contribution is 0.670. The van der Waals surface area contributed by atoms with Crippen LogP contribution in [0.25, 0.3) is 76.9 Å². The molecule has 1 heterocycles. The highest BCUT2D eigenvalue weighted by atomic mass is 16.3. The summed E-state index contributed by atoms with van der Waals surface area (Å²) < 4.78 is 6.85. The van der Waals surface area contributed by atoms with E-state index in [1.54, 1.807) is 0 Å². The monoisotopic (exact) mass is 663 g/mol. The lowest BCUT2D eigenvalue weighted by Crippen LogP contribution is -2.14. The van der Waals surface area contributed by atoms with E-state index >= 15 is 0 Å². The summed E-state index contributed by atoms with van der Waals surface area (Å²) in [6.07, 6.45) is 0. The molecule has 10 aromatic rings. The lowest BCUT2D eigenvalue weighted by Gasteiger charge is -2.32. The molecule has 2 heteroatoms. The molecule has 0 N–H and O–H groups in total. The van der Waals surface area contributed by atoms with Crippen LogP contribution in [0.4, 0.5) is 17.1 Å². The smallest absolute Gasteiger partial charge is 0.145 e. The molecule has 0 atom stereocenters. The van der Waals surface area contributed by atoms with Crippen molar-refractivity contribution in [3.05, 3.63) is 200 Å². The minimum atomic E-state index is 0.866. The van der Waals surface area contributed by atoms with E-state index in [2.05, 4.69) is 205 Å². The maximum absolute atomic E-state index is 6.85. The van der Waals surface area contributed by atoms with E-state index in [0.29, 0.717) is 0 Å². The second-order valence-corrected chi connectivity index (χ2v) is 13.2. The Morgan fingerprint density at radius 2 is 0.885 bits per heavy atom. The van der Waals surface area contributed by atoms with Crippen molar-refractivity contribution in [2.24, 2.45) is 0 Å². The molecule has 0 saturated carbocycles. The number of hydrogen-bond donors (Lipinski definition) is 0. The Kier molecular flexibility index (Phi) is 7.18. The molecule has 1 aromatic heterocycles. The van der Waals surface area contributed by atoms with Crippen LogP contribution in [0, 0.1) is 0 Å². The summed E-state index contributed by atoms with van der Waals surface area (Å²) >= 11 is 0. The lowest BCUT2D eigenvalue weighted by atomic mass is 9.92. The molecule has 0 aliphatic carbocycles. The van der Waals surface area contributed by atoms with Crippen molar-refractivity contribution >= 4 is 60.5 Å². The normalized spacial score (nSPS) is 11.5. The fourth-order valence-electron chi connectivity index (χ4n) is 7.92. The quantitative estimate of drug-likeness (QED) is 0.165. The van der Waals surface area contributed by atoms with E-state index in [-0.39, 0.29) is 0 Å². The van der Waals surface area contributed by atoms with Gasteiger partial charge in [-0.15, -0.1) is 0 Å². The molecule has 0 fully saturated rings. The second kappa shape index (κ2) is 12.5. The average molecular weight is 664 g/mol. The van der Waals surface area contributed by atoms with Crippen molar-refractivity contribution in [2.75, 3.05) is 4.90 Å². The van der Waals surface area contributed by atoms with Crippen molar-refractivity contribution < 1.29 is 4.42 Å². The van der Waals surface area contributed by atoms with Crippen molar-refractivity contribution in [3.63, 3.8) is 0 Å². The van der Waals surface area contributed by atoms with Crippen LogP contribution in [0.15, 0.2) is 205 Å². The fourth-order valence-corrected chi connectivity index (χ4v) is 7.92. The molecule has 0 aliphatic heterocycles. The van der Waals surface area contributed by atoms with E-state index in [9.17, 15) is 0 Å². The van der Waals surface area contributed by atoms with Gasteiger partial charge in [0.05, 0.1) is 22.4 Å². The van der Waals surface area contributed by atoms with Gasteiger partial charge < -0.3 is 9.32 Å². The first-order valence-corrected chi connectivity index (χ1v) is 17.8. The zero-order chi connectivity index (χ0) is 34.4. The number of furan rings is 1. The molecule has 0 spiro atoms. The van der Waals surface area contributed by atoms with Crippen LogP contribution in [0.2, 0.25) is 0 Å². The van der Waals surface area contributed by atoms with Crippen LogP contribution in [-0.4, -0.2) is 0 Å². The van der Waals surface area contributed by atoms with Crippen LogP contribution in [0.3, 0.4) is 0 Å². The number of nitrogens with zero attached hydrogens (tertiary/aromatic N) is 1. The summed E-state index contributed by atoms with van der Waals surface area (Å²) in [5.74, 6) is 0. The van der Waals surface area contributed by atoms with Gasteiger partial charge in [-0.1, -0.05) is 176 Å². The standard InChI is InChI=1S/C50H33NO/c1-4-16-34(17-5-1)39-25-14-26-40(35-18-6-2-7-19-35)49(39)51(45-28-15-27-42-38-23-11-10-22-37(38)30-31-43(42)45)46-33-32-41(36-20-8-3-9-21-36)50-48(46)44-24-12-13-29-47(44)52-50/h1-33H. The van der Waals surface area contributed by atoms with Gasteiger partial charge >= 0.3 is 0 Å². The Morgan fingerprint density at radius 1 is 0.327 bits per heavy atom. The Hall–Kier alpha value is -6.90. The largest absolute Gasteiger partial charge is 0.455 e. The first kappa shape index (κ1) is 30.0. The van der Waals surface area contributed by atoms with E-state index in [1.165, 1.54) is 21.5 Å². The maximum atomic E-state index is 6.85. The predicted octanol–water partition coefficient (Wildman–Crippen LogP) is 14.4. The molecular weight excluding hydrogens is 631 g/mol. The van der Waals surface area contributed by atoms with Crippen molar-refractivity contribution in [1.82, 2.24) is 0 Å². The van der Waals surface area contributed by atoms with Gasteiger partial charge in [-0.2, -0.15) is 0 Å². The van der Waals surface area contributed by atoms with Crippen LogP contribution < -0.4 is 4.90 Å². The zero-order valence-electron chi connectivity index (χ0n) is 28.4. The minimum Gasteiger partial charge on any atom is -0.455 e. The van der Waals surface area contributed by atoms with Crippen molar-refractivity contribution in [1.29, 1.82) is 0 Å². The predicted molar refractivity (Wildman–Crippen MR) is 220 cm³/mol. The molecule has 52 heavy (non-hydrogen) atoms. The van der Waals surface area contributed by atoms with Crippen LogP contribution in [0.1, 0.15) is 0 Å². The topological polar surface area (TPSA) is 16.4 Å². The Bertz CT molecular complexity index is 2830. The summed E-state index contributed by atoms with van der Waals surface area (Å²) in [4.78, 5) is 2.50. The van der Waals surface area contributed by atoms with Gasteiger partial charge in [-0.25, -0.2) is 0 Å². The molecular formula is C50H33NO. The Labute approximate surface area is 302 Å². The molecule has 0 amide bonds. The first-order valence-electron chi connectivity index (χ1n) is 17.8. The highest BCUT2D eigenvalue weighted by molar-refractivity contribution is 6.20. The maximum Gasteiger partial charge on any atom is 0.145 e. The Balaban J connectivity index is 1.39. The Morgan fingerprint density at radius 3 is 1.58 bits per heavy atom. The highest BCUT2D eigenvalue weighted by Crippen LogP contribution is 2.52. The van der Waals surface area contributed by atoms with E-state index < -0.39 is 0 Å². The third kappa shape index (κ3) is 4.88. The van der Waals surface area contributed by atoms with Gasteiger partial charge in [0.15, 0.2) is 0 Å². The summed E-state index contributed by atoms with van der Waals surface area (Å²) in [5, 5.41) is 7.02. The number of fused-ring (bicyclic) bond motifs is 6. The van der Waals surface area contributed by atoms with Crippen LogP contribution in [0.5, 0.6) is 0 Å². The number of hydrogen-bond acceptors (Lipinski definition) is 2. The number of anilines is 3. The molecule has 0 bridgehead atoms. The van der Waals surface area contributed by atoms with Gasteiger partial charge in [-0.05, 0) is 57.1 Å². The SMILES string of the molecule is c1ccc(-c2cccc(-c3ccccc3)c2N(c2cccc3c2ccc2ccccc23)c2ccc(-c3ccccc3)c3oc4ccccc4c23)cc1. The minimum absolute atomic E-state index is 0.866. The molecule has 0 saturated heterocycles. The van der Waals surface area contributed by atoms with E-state index in [1.807, 2.05) is 0 Å². The zero-order valence-corrected chi connectivity index (χ0v) is 28.4. The molecule has 9 aromatic carbocycles. The van der Waals surface area contributed by atoms with Gasteiger partial charge in [0.1, 0.15) is 11.2 Å². The molecule has 10 rings (SSSR count). The average Bonchev–Trinajstić information content (AvgIpc) is 3.62. The molecule has 0 unspecified atom stereocenters. The molecule has 0 radical (unpaired) electrons. The van der Waals surface area contributed by atoms with Gasteiger partial charge in [-0.3, -0.25) is 0 Å². The van der Waals surface area contributed by atoms with Gasteiger partial charge in [0.25, 0.3) is 0 Å². The van der Waals surface area contributed by atoms with Crippen molar-refractivity contribution in [2.45, 2.75) is 0 Å². The van der Waals surface area contributed by atoms with Crippen LogP contribution in [-0.2, 0) is 0 Å². The number of rotatable bonds is 6. The van der Waals surface area contributed by atoms with Gasteiger partial charge in [0.2, 0.25) is 0 Å². The first-order chi connectivity index (χ1) is 25.8. The van der Waals surface area contributed by atoms with Gasteiger partial charge in [0, 0.05) is 27.5 Å². The second-order valence-electron chi connectivity index (χ2n) is 13.2.